The minimum absolute atomic E-state index is 0.0857. The van der Waals surface area contributed by atoms with Gasteiger partial charge in [-0.25, -0.2) is 8.78 Å². The van der Waals surface area contributed by atoms with Gasteiger partial charge in [-0.1, -0.05) is 6.42 Å². The molecule has 20 heavy (non-hydrogen) atoms. The third-order valence-corrected chi connectivity index (χ3v) is 3.45. The van der Waals surface area contributed by atoms with Gasteiger partial charge in [-0.15, -0.1) is 0 Å². The van der Waals surface area contributed by atoms with E-state index in [4.69, 9.17) is 0 Å². The molecule has 8 heteroatoms. The van der Waals surface area contributed by atoms with Crippen molar-refractivity contribution in [1.82, 2.24) is 10.6 Å². The lowest BCUT2D eigenvalue weighted by molar-refractivity contribution is -0.185. The molecular formula is C12H20F5N3. The first-order chi connectivity index (χ1) is 9.32. The van der Waals surface area contributed by atoms with Crippen molar-refractivity contribution >= 4 is 5.96 Å². The lowest BCUT2D eigenvalue weighted by Gasteiger charge is -2.30. The molecule has 0 aromatic carbocycles. The molecule has 0 heterocycles. The van der Waals surface area contributed by atoms with Gasteiger partial charge in [0.05, 0.1) is 12.5 Å². The van der Waals surface area contributed by atoms with E-state index < -0.39 is 25.1 Å². The summed E-state index contributed by atoms with van der Waals surface area (Å²) in [4.78, 5) is 3.75. The van der Waals surface area contributed by atoms with Gasteiger partial charge in [0.25, 0.3) is 6.43 Å². The molecule has 0 amide bonds. The molecule has 0 bridgehead atoms. The van der Waals surface area contributed by atoms with Gasteiger partial charge in [0.2, 0.25) is 0 Å². The number of halogens is 5. The standard InChI is InChI=1S/C12H20F5N3/c1-18-11(20-7-10(13)14)19-6-8-3-2-4-9(5-8)12(15,16)17/h8-10H,2-7H2,1H3,(H2,18,19,20). The predicted octanol–water partition coefficient (Wildman–Crippen LogP) is 2.79. The number of alkyl halides is 5. The Labute approximate surface area is 115 Å². The zero-order valence-corrected chi connectivity index (χ0v) is 11.3. The lowest BCUT2D eigenvalue weighted by atomic mass is 9.81. The Morgan fingerprint density at radius 3 is 2.50 bits per heavy atom. The summed E-state index contributed by atoms with van der Waals surface area (Å²) in [5, 5.41) is 5.22. The second kappa shape index (κ2) is 7.64. The minimum atomic E-state index is -4.14. The number of nitrogens with zero attached hydrogens (tertiary/aromatic N) is 1. The maximum atomic E-state index is 12.6. The number of rotatable bonds is 4. The molecule has 3 nitrogen and oxygen atoms in total. The molecule has 1 aliphatic carbocycles. The van der Waals surface area contributed by atoms with E-state index in [1.54, 1.807) is 0 Å². The maximum absolute atomic E-state index is 12.6. The summed E-state index contributed by atoms with van der Waals surface area (Å²) in [6.45, 7) is -0.217. The van der Waals surface area contributed by atoms with Crippen molar-refractivity contribution < 1.29 is 22.0 Å². The van der Waals surface area contributed by atoms with Gasteiger partial charge in [0.1, 0.15) is 0 Å². The smallest absolute Gasteiger partial charge is 0.356 e. The van der Waals surface area contributed by atoms with Gasteiger partial charge in [0.15, 0.2) is 5.96 Å². The minimum Gasteiger partial charge on any atom is -0.356 e. The number of hydrogen-bond acceptors (Lipinski definition) is 1. The van der Waals surface area contributed by atoms with Gasteiger partial charge in [0, 0.05) is 13.6 Å². The van der Waals surface area contributed by atoms with E-state index in [0.717, 1.165) is 0 Å². The second-order valence-electron chi connectivity index (χ2n) is 5.00. The van der Waals surface area contributed by atoms with E-state index >= 15 is 0 Å². The van der Waals surface area contributed by atoms with Crippen molar-refractivity contribution in [1.29, 1.82) is 0 Å². The summed E-state index contributed by atoms with van der Waals surface area (Å²) in [6, 6.07) is 0. The van der Waals surface area contributed by atoms with Crippen LogP contribution in [-0.2, 0) is 0 Å². The Morgan fingerprint density at radius 2 is 1.95 bits per heavy atom. The van der Waals surface area contributed by atoms with Crippen LogP contribution < -0.4 is 10.6 Å². The van der Waals surface area contributed by atoms with E-state index in [1.807, 2.05) is 0 Å². The third kappa shape index (κ3) is 5.92. The first kappa shape index (κ1) is 17.0. The SMILES string of the molecule is CN=C(NCC(F)F)NCC1CCCC(C(F)(F)F)C1. The van der Waals surface area contributed by atoms with Gasteiger partial charge in [-0.3, -0.25) is 4.99 Å². The van der Waals surface area contributed by atoms with Crippen LogP contribution in [0, 0.1) is 11.8 Å². The number of nitrogens with one attached hydrogen (secondary N) is 2. The molecule has 118 valence electrons. The molecule has 0 spiro atoms. The zero-order valence-electron chi connectivity index (χ0n) is 11.3. The van der Waals surface area contributed by atoms with E-state index in [2.05, 4.69) is 15.6 Å². The summed E-state index contributed by atoms with van der Waals surface area (Å²) >= 11 is 0. The van der Waals surface area contributed by atoms with E-state index in [9.17, 15) is 22.0 Å². The number of aliphatic imine (C=N–C) groups is 1. The molecule has 0 aromatic heterocycles. The average molecular weight is 301 g/mol. The Balaban J connectivity index is 2.36. The lowest BCUT2D eigenvalue weighted by Crippen LogP contribution is -2.42. The van der Waals surface area contributed by atoms with Crippen LogP contribution in [0.15, 0.2) is 4.99 Å². The van der Waals surface area contributed by atoms with E-state index in [1.165, 1.54) is 7.05 Å². The summed E-state index contributed by atoms with van der Waals surface area (Å²) in [6.07, 6.45) is -5.13. The quantitative estimate of drug-likeness (QED) is 0.476. The van der Waals surface area contributed by atoms with Crippen LogP contribution in [0.4, 0.5) is 22.0 Å². The van der Waals surface area contributed by atoms with Crippen LogP contribution in [0.2, 0.25) is 0 Å². The van der Waals surface area contributed by atoms with Crippen molar-refractivity contribution in [2.75, 3.05) is 20.1 Å². The highest BCUT2D eigenvalue weighted by molar-refractivity contribution is 5.79. The second-order valence-corrected chi connectivity index (χ2v) is 5.00. The van der Waals surface area contributed by atoms with Crippen molar-refractivity contribution in [2.24, 2.45) is 16.8 Å². The molecule has 2 atom stereocenters. The summed E-state index contributed by atoms with van der Waals surface area (Å²) in [5.74, 6) is -1.17. The van der Waals surface area contributed by atoms with Crippen LogP contribution in [0.3, 0.4) is 0 Å². The van der Waals surface area contributed by atoms with Crippen molar-refractivity contribution in [2.45, 2.75) is 38.3 Å². The summed E-state index contributed by atoms with van der Waals surface area (Å²) < 4.78 is 62.0. The zero-order chi connectivity index (χ0) is 15.2. The Hall–Kier alpha value is -1.08. The fourth-order valence-electron chi connectivity index (χ4n) is 2.41. The van der Waals surface area contributed by atoms with E-state index in [0.29, 0.717) is 19.4 Å². The first-order valence-corrected chi connectivity index (χ1v) is 6.62. The molecule has 0 radical (unpaired) electrons. The molecule has 1 saturated carbocycles. The Morgan fingerprint density at radius 1 is 1.25 bits per heavy atom. The van der Waals surface area contributed by atoms with Crippen LogP contribution in [-0.4, -0.2) is 38.7 Å². The number of hydrogen-bond donors (Lipinski definition) is 2. The molecular weight excluding hydrogens is 281 g/mol. The molecule has 1 aliphatic rings. The first-order valence-electron chi connectivity index (χ1n) is 6.62. The molecule has 0 aromatic rings. The third-order valence-electron chi connectivity index (χ3n) is 3.45. The summed E-state index contributed by atoms with van der Waals surface area (Å²) in [5.41, 5.74) is 0. The van der Waals surface area contributed by atoms with Crippen LogP contribution in [0.5, 0.6) is 0 Å². The predicted molar refractivity (Wildman–Crippen MR) is 66.9 cm³/mol. The maximum Gasteiger partial charge on any atom is 0.391 e. The summed E-state index contributed by atoms with van der Waals surface area (Å²) in [7, 11) is 1.43. The normalized spacial score (nSPS) is 24.9. The highest BCUT2D eigenvalue weighted by atomic mass is 19.4. The van der Waals surface area contributed by atoms with Crippen molar-refractivity contribution in [3.05, 3.63) is 0 Å². The van der Waals surface area contributed by atoms with Crippen LogP contribution >= 0.6 is 0 Å². The largest absolute Gasteiger partial charge is 0.391 e. The van der Waals surface area contributed by atoms with Gasteiger partial charge in [-0.2, -0.15) is 13.2 Å². The number of guanidine groups is 1. The van der Waals surface area contributed by atoms with E-state index in [-0.39, 0.29) is 24.7 Å². The Kier molecular flexibility index (Phi) is 6.48. The monoisotopic (exact) mass is 301 g/mol. The van der Waals surface area contributed by atoms with Crippen molar-refractivity contribution in [3.63, 3.8) is 0 Å². The topological polar surface area (TPSA) is 36.4 Å². The van der Waals surface area contributed by atoms with Crippen LogP contribution in [0.1, 0.15) is 25.7 Å². The molecule has 0 aliphatic heterocycles. The molecule has 2 N–H and O–H groups in total. The van der Waals surface area contributed by atoms with Crippen LogP contribution in [0.25, 0.3) is 0 Å². The van der Waals surface area contributed by atoms with Crippen molar-refractivity contribution in [3.8, 4) is 0 Å². The highest BCUT2D eigenvalue weighted by Gasteiger charge is 2.41. The average Bonchev–Trinajstić information content (AvgIpc) is 2.38. The molecule has 2 unspecified atom stereocenters. The highest BCUT2D eigenvalue weighted by Crippen LogP contribution is 2.39. The molecule has 0 saturated heterocycles. The molecule has 1 rings (SSSR count). The fraction of sp³-hybridized carbons (Fsp3) is 0.917. The molecule has 1 fully saturated rings. The van der Waals surface area contributed by atoms with Gasteiger partial charge < -0.3 is 10.6 Å². The van der Waals surface area contributed by atoms with Gasteiger partial charge >= 0.3 is 6.18 Å². The Bertz CT molecular complexity index is 317. The fourth-order valence-corrected chi connectivity index (χ4v) is 2.41. The van der Waals surface area contributed by atoms with Gasteiger partial charge in [-0.05, 0) is 25.2 Å².